The van der Waals surface area contributed by atoms with Crippen LogP contribution in [0, 0.1) is 6.92 Å². The zero-order valence-corrected chi connectivity index (χ0v) is 18.8. The second kappa shape index (κ2) is 9.77. The molecule has 1 aliphatic heterocycles. The standard InChI is InChI=1S/C27H30N4O/c1-19(2)31-14-11-23(12-15-31)26-9-8-25(18-29-26)30-27(32)17-21-4-6-22(7-5-21)24-10-13-28-20(3)16-24/h4-10,13,16,18,23H,1,11-12,14-15,17H2,2-3H3,(H,30,32). The van der Waals surface area contributed by atoms with Crippen LogP contribution in [0.2, 0.25) is 0 Å². The largest absolute Gasteiger partial charge is 0.375 e. The molecule has 1 aromatic carbocycles. The van der Waals surface area contributed by atoms with E-state index in [1.165, 1.54) is 0 Å². The molecule has 0 spiro atoms. The molecule has 1 N–H and O–H groups in total. The van der Waals surface area contributed by atoms with Crippen molar-refractivity contribution in [3.8, 4) is 11.1 Å². The lowest BCUT2D eigenvalue weighted by atomic mass is 9.93. The number of likely N-dealkylation sites (tertiary alicyclic amines) is 1. The van der Waals surface area contributed by atoms with E-state index in [4.69, 9.17) is 0 Å². The Kier molecular flexibility index (Phi) is 6.64. The number of rotatable bonds is 6. The van der Waals surface area contributed by atoms with Gasteiger partial charge in [-0.25, -0.2) is 0 Å². The van der Waals surface area contributed by atoms with E-state index in [1.54, 1.807) is 6.20 Å². The van der Waals surface area contributed by atoms with E-state index in [2.05, 4.69) is 39.8 Å². The third-order valence-electron chi connectivity index (χ3n) is 6.07. The maximum absolute atomic E-state index is 12.5. The molecule has 4 rings (SSSR count). The van der Waals surface area contributed by atoms with Crippen LogP contribution in [0.3, 0.4) is 0 Å². The fourth-order valence-corrected chi connectivity index (χ4v) is 4.21. The molecular formula is C27H30N4O. The highest BCUT2D eigenvalue weighted by molar-refractivity contribution is 5.92. The molecule has 5 heteroatoms. The minimum absolute atomic E-state index is 0.0400. The van der Waals surface area contributed by atoms with Gasteiger partial charge in [0.2, 0.25) is 5.91 Å². The van der Waals surface area contributed by atoms with Crippen LogP contribution >= 0.6 is 0 Å². The van der Waals surface area contributed by atoms with Gasteiger partial charge in [-0.15, -0.1) is 0 Å². The Morgan fingerprint density at radius 2 is 1.81 bits per heavy atom. The second-order valence-electron chi connectivity index (χ2n) is 8.58. The van der Waals surface area contributed by atoms with Crippen molar-refractivity contribution in [2.24, 2.45) is 0 Å². The van der Waals surface area contributed by atoms with Crippen molar-refractivity contribution in [1.82, 2.24) is 14.9 Å². The molecule has 0 aliphatic carbocycles. The topological polar surface area (TPSA) is 58.1 Å². The fraction of sp³-hybridized carbons (Fsp3) is 0.296. The summed E-state index contributed by atoms with van der Waals surface area (Å²) in [6.07, 6.45) is 6.09. The van der Waals surface area contributed by atoms with E-state index in [0.29, 0.717) is 12.3 Å². The Morgan fingerprint density at radius 3 is 2.44 bits per heavy atom. The SMILES string of the molecule is C=C(C)N1CCC(c2ccc(NC(=O)Cc3ccc(-c4ccnc(C)c4)cc3)cn2)CC1. The van der Waals surface area contributed by atoms with Crippen LogP contribution < -0.4 is 5.32 Å². The van der Waals surface area contributed by atoms with Gasteiger partial charge in [0.25, 0.3) is 0 Å². The summed E-state index contributed by atoms with van der Waals surface area (Å²) in [5.74, 6) is 0.430. The van der Waals surface area contributed by atoms with Gasteiger partial charge in [0, 0.05) is 42.3 Å². The number of carbonyl (C=O) groups is 1. The van der Waals surface area contributed by atoms with Crippen LogP contribution in [0.5, 0.6) is 0 Å². The summed E-state index contributed by atoms with van der Waals surface area (Å²) in [4.78, 5) is 23.7. The van der Waals surface area contributed by atoms with Crippen molar-refractivity contribution in [2.45, 2.75) is 39.0 Å². The Hall–Kier alpha value is -3.47. The minimum Gasteiger partial charge on any atom is -0.375 e. The average Bonchev–Trinajstić information content (AvgIpc) is 2.80. The maximum Gasteiger partial charge on any atom is 0.228 e. The van der Waals surface area contributed by atoms with E-state index >= 15 is 0 Å². The summed E-state index contributed by atoms with van der Waals surface area (Å²) in [5, 5.41) is 2.97. The van der Waals surface area contributed by atoms with E-state index < -0.39 is 0 Å². The fourth-order valence-electron chi connectivity index (χ4n) is 4.21. The third-order valence-corrected chi connectivity index (χ3v) is 6.07. The Morgan fingerprint density at radius 1 is 1.06 bits per heavy atom. The molecule has 3 aromatic rings. The van der Waals surface area contributed by atoms with Gasteiger partial charge in [-0.1, -0.05) is 30.8 Å². The number of hydrogen-bond acceptors (Lipinski definition) is 4. The number of nitrogens with one attached hydrogen (secondary N) is 1. The highest BCUT2D eigenvalue weighted by atomic mass is 16.1. The number of aromatic nitrogens is 2. The van der Waals surface area contributed by atoms with E-state index in [0.717, 1.165) is 65.4 Å². The van der Waals surface area contributed by atoms with Gasteiger partial charge in [0.05, 0.1) is 18.3 Å². The molecule has 0 unspecified atom stereocenters. The highest BCUT2D eigenvalue weighted by Crippen LogP contribution is 2.28. The maximum atomic E-state index is 12.5. The normalized spacial score (nSPS) is 14.2. The third kappa shape index (κ3) is 5.41. The smallest absolute Gasteiger partial charge is 0.228 e. The lowest BCUT2D eigenvalue weighted by molar-refractivity contribution is -0.115. The molecule has 1 aliphatic rings. The number of amides is 1. The number of allylic oxidation sites excluding steroid dienone is 1. The quantitative estimate of drug-likeness (QED) is 0.578. The monoisotopic (exact) mass is 426 g/mol. The number of piperidine rings is 1. The van der Waals surface area contributed by atoms with Crippen LogP contribution in [-0.2, 0) is 11.2 Å². The lowest BCUT2D eigenvalue weighted by Gasteiger charge is -2.33. The molecule has 0 atom stereocenters. The van der Waals surface area contributed by atoms with Crippen LogP contribution in [0.4, 0.5) is 5.69 Å². The Bertz CT molecular complexity index is 1080. The van der Waals surface area contributed by atoms with E-state index in [9.17, 15) is 4.79 Å². The second-order valence-corrected chi connectivity index (χ2v) is 8.58. The number of pyridine rings is 2. The van der Waals surface area contributed by atoms with Crippen molar-refractivity contribution in [3.05, 3.63) is 90.2 Å². The number of aryl methyl sites for hydroxylation is 1. The van der Waals surface area contributed by atoms with Crippen LogP contribution in [0.1, 0.15) is 42.6 Å². The summed E-state index contributed by atoms with van der Waals surface area (Å²) < 4.78 is 0. The van der Waals surface area contributed by atoms with E-state index in [-0.39, 0.29) is 5.91 Å². The van der Waals surface area contributed by atoms with E-state index in [1.807, 2.05) is 55.6 Å². The lowest BCUT2D eigenvalue weighted by Crippen LogP contribution is -2.31. The van der Waals surface area contributed by atoms with Gasteiger partial charge in [-0.05, 0) is 67.6 Å². The Labute approximate surface area is 190 Å². The number of benzene rings is 1. The molecule has 1 amide bonds. The number of hydrogen-bond donors (Lipinski definition) is 1. The van der Waals surface area contributed by atoms with Crippen molar-refractivity contribution >= 4 is 11.6 Å². The molecule has 164 valence electrons. The first kappa shape index (κ1) is 21.8. The van der Waals surface area contributed by atoms with Crippen molar-refractivity contribution in [1.29, 1.82) is 0 Å². The predicted molar refractivity (Wildman–Crippen MR) is 129 cm³/mol. The molecule has 5 nitrogen and oxygen atoms in total. The predicted octanol–water partition coefficient (Wildman–Crippen LogP) is 5.35. The first-order valence-electron chi connectivity index (χ1n) is 11.2. The van der Waals surface area contributed by atoms with Crippen molar-refractivity contribution in [2.75, 3.05) is 18.4 Å². The first-order valence-corrected chi connectivity index (χ1v) is 11.2. The molecule has 1 saturated heterocycles. The number of anilines is 1. The summed E-state index contributed by atoms with van der Waals surface area (Å²) in [7, 11) is 0. The molecule has 2 aromatic heterocycles. The molecule has 0 radical (unpaired) electrons. The number of carbonyl (C=O) groups excluding carboxylic acids is 1. The van der Waals surface area contributed by atoms with Crippen molar-refractivity contribution < 1.29 is 4.79 Å². The summed E-state index contributed by atoms with van der Waals surface area (Å²) in [6, 6.07) is 16.2. The molecular weight excluding hydrogens is 396 g/mol. The van der Waals surface area contributed by atoms with Gasteiger partial charge in [0.15, 0.2) is 0 Å². The summed E-state index contributed by atoms with van der Waals surface area (Å²) >= 11 is 0. The molecule has 0 saturated carbocycles. The van der Waals surface area contributed by atoms with Gasteiger partial charge in [0.1, 0.15) is 0 Å². The average molecular weight is 427 g/mol. The van der Waals surface area contributed by atoms with Crippen LogP contribution in [0.15, 0.2) is 73.2 Å². The minimum atomic E-state index is -0.0400. The first-order chi connectivity index (χ1) is 15.5. The highest BCUT2D eigenvalue weighted by Gasteiger charge is 2.21. The molecule has 32 heavy (non-hydrogen) atoms. The molecule has 0 bridgehead atoms. The summed E-state index contributed by atoms with van der Waals surface area (Å²) in [5.41, 5.74) is 7.19. The van der Waals surface area contributed by atoms with Crippen LogP contribution in [-0.4, -0.2) is 33.9 Å². The van der Waals surface area contributed by atoms with Crippen molar-refractivity contribution in [3.63, 3.8) is 0 Å². The zero-order chi connectivity index (χ0) is 22.5. The molecule has 1 fully saturated rings. The van der Waals surface area contributed by atoms with Gasteiger partial charge >= 0.3 is 0 Å². The zero-order valence-electron chi connectivity index (χ0n) is 18.8. The summed E-state index contributed by atoms with van der Waals surface area (Å²) in [6.45, 7) is 10.1. The Balaban J connectivity index is 1.31. The van der Waals surface area contributed by atoms with Gasteiger partial charge in [-0.3, -0.25) is 14.8 Å². The molecule has 3 heterocycles. The van der Waals surface area contributed by atoms with Gasteiger partial charge in [-0.2, -0.15) is 0 Å². The number of nitrogens with zero attached hydrogens (tertiary/aromatic N) is 3. The van der Waals surface area contributed by atoms with Gasteiger partial charge < -0.3 is 10.2 Å². The van der Waals surface area contributed by atoms with Crippen LogP contribution in [0.25, 0.3) is 11.1 Å².